The zero-order chi connectivity index (χ0) is 27.9. The number of amides is 1. The van der Waals surface area contributed by atoms with Crippen LogP contribution in [0.2, 0.25) is 0 Å². The maximum absolute atomic E-state index is 13.6. The van der Waals surface area contributed by atoms with Gasteiger partial charge in [-0.15, -0.1) is 0 Å². The van der Waals surface area contributed by atoms with E-state index in [2.05, 4.69) is 4.90 Å². The summed E-state index contributed by atoms with van der Waals surface area (Å²) in [6, 6.07) is 19.1. The fourth-order valence-corrected chi connectivity index (χ4v) is 5.75. The molecule has 1 unspecified atom stereocenters. The van der Waals surface area contributed by atoms with Gasteiger partial charge >= 0.3 is 6.18 Å². The number of halogens is 3. The predicted molar refractivity (Wildman–Crippen MR) is 145 cm³/mol. The highest BCUT2D eigenvalue weighted by Gasteiger charge is 2.33. The SMILES string of the molecule is Cn1cc(C(CC(=O)N2CCN(Cc3ccc4c(c3)OCO4)CC2)c2cccc(C(F)(F)F)c2)c2ccccc21. The van der Waals surface area contributed by atoms with Gasteiger partial charge in [0.05, 0.1) is 5.56 Å². The number of hydrogen-bond donors (Lipinski definition) is 0. The van der Waals surface area contributed by atoms with E-state index in [4.69, 9.17) is 9.47 Å². The molecule has 1 amide bonds. The van der Waals surface area contributed by atoms with Crippen LogP contribution in [0.4, 0.5) is 13.2 Å². The Hall–Kier alpha value is -3.98. The number of ether oxygens (including phenoxy) is 2. The number of benzene rings is 3. The van der Waals surface area contributed by atoms with Gasteiger partial charge in [0, 0.05) is 69.2 Å². The quantitative estimate of drug-likeness (QED) is 0.306. The number of aromatic nitrogens is 1. The molecule has 1 fully saturated rings. The molecule has 1 aromatic heterocycles. The van der Waals surface area contributed by atoms with Crippen LogP contribution in [0.1, 0.15) is 34.6 Å². The summed E-state index contributed by atoms with van der Waals surface area (Å²) in [5.74, 6) is 0.937. The van der Waals surface area contributed by atoms with Crippen LogP contribution in [-0.4, -0.2) is 53.2 Å². The van der Waals surface area contributed by atoms with Crippen LogP contribution in [0.3, 0.4) is 0 Å². The lowest BCUT2D eigenvalue weighted by molar-refractivity contribution is -0.137. The Kier molecular flexibility index (Phi) is 6.92. The van der Waals surface area contributed by atoms with Gasteiger partial charge in [-0.05, 0) is 41.0 Å². The molecule has 6 rings (SSSR count). The third-order valence-corrected chi connectivity index (χ3v) is 7.87. The summed E-state index contributed by atoms with van der Waals surface area (Å²) in [4.78, 5) is 17.7. The maximum Gasteiger partial charge on any atom is 0.416 e. The number of nitrogens with zero attached hydrogens (tertiary/aromatic N) is 3. The Morgan fingerprint density at radius 1 is 0.925 bits per heavy atom. The van der Waals surface area contributed by atoms with Gasteiger partial charge in [0.1, 0.15) is 0 Å². The van der Waals surface area contributed by atoms with Crippen LogP contribution in [0, 0.1) is 0 Å². The Balaban J connectivity index is 1.20. The minimum atomic E-state index is -4.46. The molecule has 0 aliphatic carbocycles. The largest absolute Gasteiger partial charge is 0.454 e. The van der Waals surface area contributed by atoms with Crippen LogP contribution in [-0.2, 0) is 24.6 Å². The average molecular weight is 550 g/mol. The van der Waals surface area contributed by atoms with Gasteiger partial charge in [0.25, 0.3) is 0 Å². The van der Waals surface area contributed by atoms with Crippen molar-refractivity contribution in [1.82, 2.24) is 14.4 Å². The first kappa shape index (κ1) is 26.3. The first-order chi connectivity index (χ1) is 19.3. The summed E-state index contributed by atoms with van der Waals surface area (Å²) in [5, 5.41) is 0.939. The Morgan fingerprint density at radius 2 is 1.70 bits per heavy atom. The van der Waals surface area contributed by atoms with E-state index in [0.29, 0.717) is 31.7 Å². The lowest BCUT2D eigenvalue weighted by Gasteiger charge is -2.35. The molecule has 4 aromatic rings. The van der Waals surface area contributed by atoms with Crippen molar-refractivity contribution in [3.8, 4) is 11.5 Å². The average Bonchev–Trinajstić information content (AvgIpc) is 3.56. The Morgan fingerprint density at radius 3 is 2.50 bits per heavy atom. The van der Waals surface area contributed by atoms with Crippen molar-refractivity contribution in [3.63, 3.8) is 0 Å². The normalized spacial score (nSPS) is 16.4. The second-order valence-electron chi connectivity index (χ2n) is 10.4. The van der Waals surface area contributed by atoms with Gasteiger partial charge in [-0.25, -0.2) is 0 Å². The topological polar surface area (TPSA) is 46.9 Å². The summed E-state index contributed by atoms with van der Waals surface area (Å²) >= 11 is 0. The molecule has 1 atom stereocenters. The van der Waals surface area contributed by atoms with Crippen molar-refractivity contribution in [1.29, 1.82) is 0 Å². The number of aryl methyl sites for hydroxylation is 1. The van der Waals surface area contributed by atoms with E-state index in [0.717, 1.165) is 46.1 Å². The van der Waals surface area contributed by atoms with Crippen LogP contribution < -0.4 is 9.47 Å². The second-order valence-corrected chi connectivity index (χ2v) is 10.4. The fraction of sp³-hybridized carbons (Fsp3) is 0.323. The zero-order valence-corrected chi connectivity index (χ0v) is 22.2. The highest BCUT2D eigenvalue weighted by molar-refractivity contribution is 5.86. The molecule has 40 heavy (non-hydrogen) atoms. The maximum atomic E-state index is 13.6. The number of hydrogen-bond acceptors (Lipinski definition) is 4. The van der Waals surface area contributed by atoms with Crippen molar-refractivity contribution in [2.24, 2.45) is 7.05 Å². The summed E-state index contributed by atoms with van der Waals surface area (Å²) in [6.07, 6.45) is -2.43. The van der Waals surface area contributed by atoms with Crippen LogP contribution >= 0.6 is 0 Å². The van der Waals surface area contributed by atoms with E-state index < -0.39 is 17.7 Å². The molecule has 6 nitrogen and oxygen atoms in total. The monoisotopic (exact) mass is 549 g/mol. The first-order valence-corrected chi connectivity index (χ1v) is 13.4. The minimum absolute atomic E-state index is 0.0573. The van der Waals surface area contributed by atoms with E-state index >= 15 is 0 Å². The van der Waals surface area contributed by atoms with Gasteiger partial charge < -0.3 is 18.9 Å². The Bertz CT molecular complexity index is 1540. The molecule has 0 saturated carbocycles. The van der Waals surface area contributed by atoms with Crippen molar-refractivity contribution in [3.05, 3.63) is 95.2 Å². The number of carbonyl (C=O) groups is 1. The first-order valence-electron chi connectivity index (χ1n) is 13.4. The molecule has 9 heteroatoms. The van der Waals surface area contributed by atoms with Gasteiger partial charge in [-0.2, -0.15) is 13.2 Å². The van der Waals surface area contributed by atoms with Gasteiger partial charge in [-0.1, -0.05) is 42.5 Å². The van der Waals surface area contributed by atoms with E-state index in [9.17, 15) is 18.0 Å². The number of fused-ring (bicyclic) bond motifs is 2. The molecule has 0 radical (unpaired) electrons. The van der Waals surface area contributed by atoms with Crippen molar-refractivity contribution >= 4 is 16.8 Å². The molecule has 3 heterocycles. The molecule has 0 bridgehead atoms. The van der Waals surface area contributed by atoms with Crippen LogP contribution in [0.25, 0.3) is 10.9 Å². The predicted octanol–water partition coefficient (Wildman–Crippen LogP) is 5.79. The standard InChI is InChI=1S/C31H30F3N3O3/c1-35-19-26(24-7-2-3-8-27(24)35)25(22-5-4-6-23(16-22)31(32,33)34)17-30(38)37-13-11-36(12-14-37)18-21-9-10-28-29(15-21)40-20-39-28/h2-10,15-16,19,25H,11-14,17-18,20H2,1H3. The number of carbonyl (C=O) groups excluding carboxylic acids is 1. The molecule has 2 aliphatic rings. The minimum Gasteiger partial charge on any atom is -0.454 e. The van der Waals surface area contributed by atoms with Crippen LogP contribution in [0.15, 0.2) is 72.9 Å². The molecule has 2 aliphatic heterocycles. The van der Waals surface area contributed by atoms with Crippen molar-refractivity contribution in [2.75, 3.05) is 33.0 Å². The third-order valence-electron chi connectivity index (χ3n) is 7.87. The number of piperazine rings is 1. The van der Waals surface area contributed by atoms with Gasteiger partial charge in [-0.3, -0.25) is 9.69 Å². The molecule has 0 N–H and O–H groups in total. The number of rotatable bonds is 6. The Labute approximate surface area is 230 Å². The highest BCUT2D eigenvalue weighted by Crippen LogP contribution is 2.38. The summed E-state index contributed by atoms with van der Waals surface area (Å²) in [5.41, 5.74) is 2.72. The molecular weight excluding hydrogens is 519 g/mol. The van der Waals surface area contributed by atoms with E-state index in [-0.39, 0.29) is 19.1 Å². The van der Waals surface area contributed by atoms with Crippen LogP contribution in [0.5, 0.6) is 11.5 Å². The van der Waals surface area contributed by atoms with E-state index in [1.165, 1.54) is 12.1 Å². The van der Waals surface area contributed by atoms with Gasteiger partial charge in [0.15, 0.2) is 11.5 Å². The second kappa shape index (κ2) is 10.5. The summed E-state index contributed by atoms with van der Waals surface area (Å²) < 4.78 is 53.7. The van der Waals surface area contributed by atoms with E-state index in [1.807, 2.05) is 65.2 Å². The smallest absolute Gasteiger partial charge is 0.416 e. The molecular formula is C31H30F3N3O3. The van der Waals surface area contributed by atoms with E-state index in [1.54, 1.807) is 6.07 Å². The van der Waals surface area contributed by atoms with Crippen molar-refractivity contribution in [2.45, 2.75) is 25.1 Å². The zero-order valence-electron chi connectivity index (χ0n) is 22.2. The lowest BCUT2D eigenvalue weighted by Crippen LogP contribution is -2.48. The summed E-state index contributed by atoms with van der Waals surface area (Å²) in [7, 11) is 1.91. The summed E-state index contributed by atoms with van der Waals surface area (Å²) in [6.45, 7) is 3.52. The highest BCUT2D eigenvalue weighted by atomic mass is 19.4. The van der Waals surface area contributed by atoms with Crippen molar-refractivity contribution < 1.29 is 27.4 Å². The molecule has 0 spiro atoms. The number of alkyl halides is 3. The molecule has 3 aromatic carbocycles. The fourth-order valence-electron chi connectivity index (χ4n) is 5.75. The molecule has 208 valence electrons. The molecule has 1 saturated heterocycles. The number of para-hydroxylation sites is 1. The lowest BCUT2D eigenvalue weighted by atomic mass is 9.87. The third kappa shape index (κ3) is 5.25. The van der Waals surface area contributed by atoms with Gasteiger partial charge in [0.2, 0.25) is 12.7 Å².